The molecule has 1 amide bonds. The van der Waals surface area contributed by atoms with Gasteiger partial charge in [-0.05, 0) is 83.8 Å². The van der Waals surface area contributed by atoms with Crippen molar-refractivity contribution >= 4 is 28.9 Å². The van der Waals surface area contributed by atoms with Crippen LogP contribution in [0.2, 0.25) is 0 Å². The van der Waals surface area contributed by atoms with Crippen LogP contribution in [0, 0.1) is 17.3 Å². The quantitative estimate of drug-likeness (QED) is 0.0462. The Labute approximate surface area is 345 Å². The molecule has 324 valence electrons. The molecule has 1 fully saturated rings. The first-order chi connectivity index (χ1) is 26.7. The number of carbonyl (C=O) groups is 3. The van der Waals surface area contributed by atoms with Crippen molar-refractivity contribution in [3.8, 4) is 0 Å². The average Bonchev–Trinajstić information content (AvgIpc) is 3.17. The van der Waals surface area contributed by atoms with Crippen LogP contribution in [-0.4, -0.2) is 79.7 Å². The summed E-state index contributed by atoms with van der Waals surface area (Å²) in [7, 11) is 4.13. The fourth-order valence-electron chi connectivity index (χ4n) is 8.13. The van der Waals surface area contributed by atoms with Gasteiger partial charge in [-0.15, -0.1) is 0 Å². The molecular formula is C47H90N2O5S. The number of hydrogen-bond donors (Lipinski definition) is 0. The van der Waals surface area contributed by atoms with Crippen LogP contribution in [0.25, 0.3) is 0 Å². The van der Waals surface area contributed by atoms with Crippen LogP contribution < -0.4 is 0 Å². The van der Waals surface area contributed by atoms with Gasteiger partial charge in [-0.1, -0.05) is 168 Å². The van der Waals surface area contributed by atoms with Crippen LogP contribution in [0.5, 0.6) is 0 Å². The lowest BCUT2D eigenvalue weighted by atomic mass is 9.73. The third kappa shape index (κ3) is 26.4. The summed E-state index contributed by atoms with van der Waals surface area (Å²) in [6, 6.07) is 0. The van der Waals surface area contributed by atoms with Gasteiger partial charge in [-0.2, -0.15) is 0 Å². The van der Waals surface area contributed by atoms with Gasteiger partial charge < -0.3 is 19.3 Å². The van der Waals surface area contributed by atoms with Crippen LogP contribution >= 0.6 is 11.8 Å². The van der Waals surface area contributed by atoms with Gasteiger partial charge in [0.2, 0.25) is 0 Å². The molecule has 0 spiro atoms. The lowest BCUT2D eigenvalue weighted by Crippen LogP contribution is -2.43. The second-order valence-corrected chi connectivity index (χ2v) is 18.3. The number of carbonyl (C=O) groups excluding carboxylic acids is 3. The SMILES string of the molecule is CCCCCCCCC(CCCCCC)C(=O)OCCC1(CCOC(=O)C(CCCCCC)CCCCCCCC)CCN(C(=O)SCCCN(C)C)CC1. The predicted molar refractivity (Wildman–Crippen MR) is 236 cm³/mol. The normalized spacial score (nSPS) is 15.3. The van der Waals surface area contributed by atoms with Gasteiger partial charge in [0.25, 0.3) is 5.24 Å². The molecule has 0 aliphatic carbocycles. The fraction of sp³-hybridized carbons (Fsp3) is 0.936. The lowest BCUT2D eigenvalue weighted by Gasteiger charge is -2.42. The van der Waals surface area contributed by atoms with Gasteiger partial charge in [0.05, 0.1) is 25.0 Å². The first-order valence-electron chi connectivity index (χ1n) is 23.6. The van der Waals surface area contributed by atoms with Crippen molar-refractivity contribution in [1.82, 2.24) is 9.80 Å². The van der Waals surface area contributed by atoms with Gasteiger partial charge in [0, 0.05) is 18.8 Å². The van der Waals surface area contributed by atoms with Crippen molar-refractivity contribution < 1.29 is 23.9 Å². The zero-order valence-corrected chi connectivity index (χ0v) is 38.1. The Balaban J connectivity index is 2.89. The van der Waals surface area contributed by atoms with Crippen molar-refractivity contribution in [3.63, 3.8) is 0 Å². The van der Waals surface area contributed by atoms with Crippen LogP contribution in [0.4, 0.5) is 4.79 Å². The van der Waals surface area contributed by atoms with Crippen molar-refractivity contribution in [3.05, 3.63) is 0 Å². The van der Waals surface area contributed by atoms with Gasteiger partial charge in [-0.3, -0.25) is 14.4 Å². The number of piperidine rings is 1. The van der Waals surface area contributed by atoms with E-state index in [-0.39, 0.29) is 34.4 Å². The number of rotatable bonds is 36. The lowest BCUT2D eigenvalue weighted by molar-refractivity contribution is -0.151. The highest BCUT2D eigenvalue weighted by atomic mass is 32.2. The molecule has 1 saturated heterocycles. The Kier molecular flexibility index (Phi) is 32.7. The summed E-state index contributed by atoms with van der Waals surface area (Å²) in [4.78, 5) is 44.4. The highest BCUT2D eigenvalue weighted by molar-refractivity contribution is 8.13. The van der Waals surface area contributed by atoms with Crippen LogP contribution in [0.15, 0.2) is 0 Å². The predicted octanol–water partition coefficient (Wildman–Crippen LogP) is 13.4. The summed E-state index contributed by atoms with van der Waals surface area (Å²) in [6.07, 6.45) is 32.1. The molecule has 7 nitrogen and oxygen atoms in total. The molecule has 0 saturated carbocycles. The zero-order valence-electron chi connectivity index (χ0n) is 37.2. The molecule has 2 atom stereocenters. The summed E-state index contributed by atoms with van der Waals surface area (Å²) in [5.41, 5.74) is -0.112. The van der Waals surface area contributed by atoms with Crippen molar-refractivity contribution in [2.24, 2.45) is 17.3 Å². The van der Waals surface area contributed by atoms with E-state index in [4.69, 9.17) is 9.47 Å². The van der Waals surface area contributed by atoms with Crippen LogP contribution in [0.3, 0.4) is 0 Å². The standard InChI is InChI=1S/C47H90N2O5S/c1-7-11-15-19-21-25-30-42(28-23-17-13-9-3)44(50)53-39-34-47(32-37-49(38-33-47)46(52)55-41-27-36-48(5)6)35-40-54-45(51)43(29-24-18-14-10-4)31-26-22-20-16-12-8-2/h42-43H,7-41H2,1-6H3. The minimum atomic E-state index is -0.112. The second kappa shape index (κ2) is 34.7. The molecule has 0 bridgehead atoms. The zero-order chi connectivity index (χ0) is 40.4. The van der Waals surface area contributed by atoms with E-state index in [1.54, 1.807) is 0 Å². The van der Waals surface area contributed by atoms with E-state index in [0.29, 0.717) is 26.3 Å². The number of ether oxygens (including phenoxy) is 2. The molecule has 1 rings (SSSR count). The van der Waals surface area contributed by atoms with E-state index < -0.39 is 0 Å². The number of esters is 2. The second-order valence-electron chi connectivity index (χ2n) is 17.3. The smallest absolute Gasteiger partial charge is 0.308 e. The molecule has 1 aliphatic rings. The number of amides is 1. The third-order valence-electron chi connectivity index (χ3n) is 12.1. The number of nitrogens with zero attached hydrogens (tertiary/aromatic N) is 2. The molecule has 0 aromatic heterocycles. The Bertz CT molecular complexity index is 886. The Morgan fingerprint density at radius 1 is 0.564 bits per heavy atom. The number of unbranched alkanes of at least 4 members (excludes halogenated alkanes) is 16. The van der Waals surface area contributed by atoms with E-state index in [0.717, 1.165) is 95.8 Å². The summed E-state index contributed by atoms with van der Waals surface area (Å²) < 4.78 is 12.2. The molecule has 0 aromatic rings. The molecule has 2 unspecified atom stereocenters. The molecule has 1 heterocycles. The first-order valence-corrected chi connectivity index (χ1v) is 24.6. The van der Waals surface area contributed by atoms with Crippen LogP contribution in [0.1, 0.15) is 214 Å². The Morgan fingerprint density at radius 2 is 0.927 bits per heavy atom. The van der Waals surface area contributed by atoms with Crippen molar-refractivity contribution in [2.45, 2.75) is 214 Å². The Morgan fingerprint density at radius 3 is 1.31 bits per heavy atom. The van der Waals surface area contributed by atoms with Gasteiger partial charge >= 0.3 is 11.9 Å². The summed E-state index contributed by atoms with van der Waals surface area (Å²) in [6.45, 7) is 12.2. The largest absolute Gasteiger partial charge is 0.465 e. The fourth-order valence-corrected chi connectivity index (χ4v) is 8.94. The summed E-state index contributed by atoms with van der Waals surface area (Å²) in [5, 5.41) is 0.173. The van der Waals surface area contributed by atoms with E-state index in [2.05, 4.69) is 46.7 Å². The van der Waals surface area contributed by atoms with Gasteiger partial charge in [-0.25, -0.2) is 0 Å². The molecule has 1 aliphatic heterocycles. The van der Waals surface area contributed by atoms with Gasteiger partial charge in [0.1, 0.15) is 0 Å². The monoisotopic (exact) mass is 795 g/mol. The van der Waals surface area contributed by atoms with E-state index in [1.165, 1.54) is 114 Å². The maximum atomic E-state index is 13.5. The number of likely N-dealkylation sites (tertiary alicyclic amines) is 1. The molecule has 0 N–H and O–H groups in total. The highest BCUT2D eigenvalue weighted by Crippen LogP contribution is 2.40. The maximum absolute atomic E-state index is 13.5. The minimum absolute atomic E-state index is 0.00942. The molecule has 8 heteroatoms. The van der Waals surface area contributed by atoms with Crippen molar-refractivity contribution in [2.75, 3.05) is 52.7 Å². The minimum Gasteiger partial charge on any atom is -0.465 e. The number of hydrogen-bond acceptors (Lipinski definition) is 7. The Hall–Kier alpha value is -1.28. The molecule has 0 radical (unpaired) electrons. The van der Waals surface area contributed by atoms with Gasteiger partial charge in [0.15, 0.2) is 0 Å². The topological polar surface area (TPSA) is 76.1 Å². The summed E-state index contributed by atoms with van der Waals surface area (Å²) >= 11 is 1.44. The van der Waals surface area contributed by atoms with E-state index >= 15 is 0 Å². The van der Waals surface area contributed by atoms with E-state index in [1.807, 2.05) is 4.90 Å². The molecular weight excluding hydrogens is 705 g/mol. The summed E-state index contributed by atoms with van der Waals surface area (Å²) in [5.74, 6) is 0.777. The van der Waals surface area contributed by atoms with E-state index in [9.17, 15) is 14.4 Å². The molecule has 0 aromatic carbocycles. The van der Waals surface area contributed by atoms with Crippen LogP contribution in [-0.2, 0) is 19.1 Å². The highest BCUT2D eigenvalue weighted by Gasteiger charge is 2.37. The maximum Gasteiger partial charge on any atom is 0.308 e. The number of thioether (sulfide) groups is 1. The average molecular weight is 795 g/mol. The first kappa shape index (κ1) is 51.7. The van der Waals surface area contributed by atoms with Crippen molar-refractivity contribution in [1.29, 1.82) is 0 Å². The third-order valence-corrected chi connectivity index (χ3v) is 13.1. The molecule has 55 heavy (non-hydrogen) atoms.